The topological polar surface area (TPSA) is 113 Å². The van der Waals surface area contributed by atoms with Crippen molar-refractivity contribution >= 4 is 17.6 Å². The summed E-state index contributed by atoms with van der Waals surface area (Å²) in [5, 5.41) is 10.5. The molecular formula is C30H29ClN2O6. The molecule has 0 amide bonds. The third-order valence-corrected chi connectivity index (χ3v) is 6.69. The Morgan fingerprint density at radius 3 is 2.33 bits per heavy atom. The number of fused-ring (bicyclic) bond motifs is 1. The molecule has 0 saturated heterocycles. The Labute approximate surface area is 232 Å². The van der Waals surface area contributed by atoms with E-state index in [-0.39, 0.29) is 23.8 Å². The van der Waals surface area contributed by atoms with Crippen molar-refractivity contribution in [3.63, 3.8) is 0 Å². The van der Waals surface area contributed by atoms with Crippen LogP contribution in [0.4, 0.5) is 0 Å². The van der Waals surface area contributed by atoms with E-state index in [1.54, 1.807) is 30.3 Å². The van der Waals surface area contributed by atoms with Gasteiger partial charge >= 0.3 is 5.97 Å². The summed E-state index contributed by atoms with van der Waals surface area (Å²) in [6, 6.07) is 16.2. The highest BCUT2D eigenvalue weighted by Gasteiger charge is 2.32. The van der Waals surface area contributed by atoms with Gasteiger partial charge in [-0.1, -0.05) is 23.7 Å². The van der Waals surface area contributed by atoms with E-state index in [1.165, 1.54) is 0 Å². The number of halogens is 1. The first kappa shape index (κ1) is 27.7. The van der Waals surface area contributed by atoms with Crippen LogP contribution in [-0.2, 0) is 4.79 Å². The van der Waals surface area contributed by atoms with Gasteiger partial charge in [-0.15, -0.1) is 0 Å². The minimum absolute atomic E-state index is 0.0258. The Morgan fingerprint density at radius 2 is 1.67 bits per heavy atom. The zero-order valence-electron chi connectivity index (χ0n) is 22.2. The van der Waals surface area contributed by atoms with Crippen molar-refractivity contribution in [3.05, 3.63) is 87.3 Å². The number of nitrogens with zero attached hydrogens (tertiary/aromatic N) is 1. The molecule has 0 bridgehead atoms. The zero-order valence-corrected chi connectivity index (χ0v) is 22.9. The lowest BCUT2D eigenvalue weighted by Crippen LogP contribution is -2.22. The Hall–Kier alpha value is -4.35. The van der Waals surface area contributed by atoms with Gasteiger partial charge in [0.05, 0.1) is 19.1 Å². The Balaban J connectivity index is 1.57. The number of carbonyl (C=O) groups excluding carboxylic acids is 1. The molecule has 3 aromatic carbocycles. The van der Waals surface area contributed by atoms with E-state index in [1.807, 2.05) is 45.9 Å². The molecule has 202 valence electrons. The highest BCUT2D eigenvalue weighted by atomic mass is 35.5. The predicted octanol–water partition coefficient (Wildman–Crippen LogP) is 5.96. The van der Waals surface area contributed by atoms with E-state index in [9.17, 15) is 10.1 Å². The molecule has 1 atom stereocenters. The molecule has 3 aromatic rings. The van der Waals surface area contributed by atoms with Crippen LogP contribution in [0, 0.1) is 25.2 Å². The first-order chi connectivity index (χ1) is 18.7. The number of nitrogens with two attached hydrogens (primary N) is 1. The smallest absolute Gasteiger partial charge is 0.349 e. The molecule has 0 aromatic heterocycles. The first-order valence-electron chi connectivity index (χ1n) is 12.5. The number of hydrogen-bond acceptors (Lipinski definition) is 8. The number of benzene rings is 3. The molecule has 1 aliphatic rings. The van der Waals surface area contributed by atoms with Crippen LogP contribution in [0.1, 0.15) is 42.0 Å². The lowest BCUT2D eigenvalue weighted by atomic mass is 9.83. The van der Waals surface area contributed by atoms with Crippen LogP contribution in [-0.4, -0.2) is 25.8 Å². The van der Waals surface area contributed by atoms with Crippen molar-refractivity contribution in [2.24, 2.45) is 5.73 Å². The average molecular weight is 549 g/mol. The normalized spacial score (nSPS) is 14.1. The highest BCUT2D eigenvalue weighted by molar-refractivity contribution is 6.32. The molecular weight excluding hydrogens is 520 g/mol. The number of carbonyl (C=O) groups is 1. The second-order valence-corrected chi connectivity index (χ2v) is 9.21. The predicted molar refractivity (Wildman–Crippen MR) is 147 cm³/mol. The van der Waals surface area contributed by atoms with Crippen LogP contribution < -0.4 is 29.4 Å². The summed E-state index contributed by atoms with van der Waals surface area (Å²) in [7, 11) is 0. The van der Waals surface area contributed by atoms with Crippen molar-refractivity contribution in [1.82, 2.24) is 0 Å². The molecule has 0 aliphatic carbocycles. The molecule has 0 radical (unpaired) electrons. The molecule has 0 saturated carbocycles. The summed E-state index contributed by atoms with van der Waals surface area (Å²) in [5.41, 5.74) is 9.58. The lowest BCUT2D eigenvalue weighted by molar-refractivity contribution is -0.136. The number of allylic oxidation sites excluding steroid dienone is 1. The van der Waals surface area contributed by atoms with Crippen LogP contribution >= 0.6 is 11.6 Å². The molecule has 8 nitrogen and oxygen atoms in total. The van der Waals surface area contributed by atoms with Gasteiger partial charge in [-0.25, -0.2) is 4.79 Å². The molecule has 1 unspecified atom stereocenters. The lowest BCUT2D eigenvalue weighted by Gasteiger charge is -2.27. The van der Waals surface area contributed by atoms with Gasteiger partial charge < -0.3 is 29.4 Å². The van der Waals surface area contributed by atoms with Crippen molar-refractivity contribution in [2.75, 3.05) is 19.8 Å². The number of aryl methyl sites for hydroxylation is 2. The highest BCUT2D eigenvalue weighted by Crippen LogP contribution is 2.45. The van der Waals surface area contributed by atoms with Gasteiger partial charge in [-0.05, 0) is 74.7 Å². The average Bonchev–Trinajstić information content (AvgIpc) is 2.91. The van der Waals surface area contributed by atoms with Crippen molar-refractivity contribution in [1.29, 1.82) is 5.26 Å². The number of rotatable bonds is 9. The molecule has 39 heavy (non-hydrogen) atoms. The minimum atomic E-state index is -0.596. The Morgan fingerprint density at radius 1 is 0.974 bits per heavy atom. The van der Waals surface area contributed by atoms with E-state index >= 15 is 0 Å². The number of ether oxygens (including phenoxy) is 5. The van der Waals surface area contributed by atoms with Gasteiger partial charge in [0.25, 0.3) is 0 Å². The molecule has 0 spiro atoms. The van der Waals surface area contributed by atoms with Gasteiger partial charge in [0.15, 0.2) is 18.1 Å². The quantitative estimate of drug-likeness (QED) is 0.257. The molecule has 2 N–H and O–H groups in total. The standard InChI is InChI=1S/C30H29ClN2O6/c1-5-35-24-10-7-19(13-26(24)36-6-2)28-22-9-8-20(14-25(22)39-30(33)23(28)15-32)38-27(34)16-37-21-11-17(3)29(31)18(4)12-21/h7-14,28H,5-6,16,33H2,1-4H3. The van der Waals surface area contributed by atoms with Gasteiger partial charge in [0, 0.05) is 16.7 Å². The van der Waals surface area contributed by atoms with Crippen molar-refractivity contribution in [2.45, 2.75) is 33.6 Å². The summed E-state index contributed by atoms with van der Waals surface area (Å²) in [5.74, 6) is 1.18. The van der Waals surface area contributed by atoms with E-state index in [0.717, 1.165) is 16.7 Å². The molecule has 4 rings (SSSR count). The van der Waals surface area contributed by atoms with Crippen molar-refractivity contribution in [3.8, 4) is 34.8 Å². The summed E-state index contributed by atoms with van der Waals surface area (Å²) in [4.78, 5) is 12.5. The SMILES string of the molecule is CCOc1ccc(C2C(C#N)=C(N)Oc3cc(OC(=O)COc4cc(C)c(Cl)c(C)c4)ccc32)cc1OCC. The van der Waals surface area contributed by atoms with Crippen LogP contribution in [0.2, 0.25) is 5.02 Å². The Kier molecular flexibility index (Phi) is 8.52. The van der Waals surface area contributed by atoms with Crippen LogP contribution in [0.15, 0.2) is 60.0 Å². The van der Waals surface area contributed by atoms with Gasteiger partial charge in [-0.3, -0.25) is 0 Å². The second-order valence-electron chi connectivity index (χ2n) is 8.83. The maximum Gasteiger partial charge on any atom is 0.349 e. The fraction of sp³-hybridized carbons (Fsp3) is 0.267. The summed E-state index contributed by atoms with van der Waals surface area (Å²) in [6.45, 7) is 8.15. The van der Waals surface area contributed by atoms with E-state index in [4.69, 9.17) is 41.0 Å². The second kappa shape index (κ2) is 12.0. The Bertz CT molecular complexity index is 1450. The largest absolute Gasteiger partial charge is 0.490 e. The third kappa shape index (κ3) is 6.05. The van der Waals surface area contributed by atoms with Gasteiger partial charge in [0.2, 0.25) is 5.88 Å². The zero-order chi connectivity index (χ0) is 28.1. The maximum atomic E-state index is 12.5. The maximum absolute atomic E-state index is 12.5. The van der Waals surface area contributed by atoms with Gasteiger partial charge in [-0.2, -0.15) is 5.26 Å². The molecule has 1 heterocycles. The van der Waals surface area contributed by atoms with Crippen LogP contribution in [0.3, 0.4) is 0 Å². The summed E-state index contributed by atoms with van der Waals surface area (Å²) < 4.78 is 28.3. The van der Waals surface area contributed by atoms with E-state index in [2.05, 4.69) is 6.07 Å². The van der Waals surface area contributed by atoms with E-state index < -0.39 is 11.9 Å². The molecule has 0 fully saturated rings. The van der Waals surface area contributed by atoms with Crippen LogP contribution in [0.25, 0.3) is 0 Å². The third-order valence-electron chi connectivity index (χ3n) is 6.09. The monoisotopic (exact) mass is 548 g/mol. The summed E-state index contributed by atoms with van der Waals surface area (Å²) >= 11 is 6.20. The van der Waals surface area contributed by atoms with Crippen molar-refractivity contribution < 1.29 is 28.5 Å². The minimum Gasteiger partial charge on any atom is -0.490 e. The number of hydrogen-bond donors (Lipinski definition) is 1. The number of nitriles is 1. The van der Waals surface area contributed by atoms with E-state index in [0.29, 0.717) is 46.8 Å². The first-order valence-corrected chi connectivity index (χ1v) is 12.8. The fourth-order valence-corrected chi connectivity index (χ4v) is 4.49. The fourth-order valence-electron chi connectivity index (χ4n) is 4.38. The molecule has 1 aliphatic heterocycles. The number of esters is 1. The van der Waals surface area contributed by atoms with Crippen LogP contribution in [0.5, 0.6) is 28.7 Å². The summed E-state index contributed by atoms with van der Waals surface area (Å²) in [6.07, 6.45) is 0. The van der Waals surface area contributed by atoms with Gasteiger partial charge in [0.1, 0.15) is 28.9 Å². The molecule has 9 heteroatoms.